The molecule has 1 aliphatic rings. The summed E-state index contributed by atoms with van der Waals surface area (Å²) in [6, 6.07) is 12.7. The summed E-state index contributed by atoms with van der Waals surface area (Å²) in [5, 5.41) is 3.72. The molecule has 0 spiro atoms. The third-order valence-electron chi connectivity index (χ3n) is 4.22. The zero-order valence-corrected chi connectivity index (χ0v) is 11.1. The van der Waals surface area contributed by atoms with E-state index in [1.807, 2.05) is 6.20 Å². The first-order valence-corrected chi connectivity index (χ1v) is 6.78. The first-order valence-electron chi connectivity index (χ1n) is 6.78. The van der Waals surface area contributed by atoms with E-state index in [9.17, 15) is 0 Å². The second-order valence-electron chi connectivity index (χ2n) is 5.35. The highest BCUT2D eigenvalue weighted by Gasteiger charge is 2.20. The van der Waals surface area contributed by atoms with Crippen LogP contribution in [0.25, 0.3) is 27.3 Å². The van der Waals surface area contributed by atoms with Gasteiger partial charge in [0, 0.05) is 10.8 Å². The Hall–Kier alpha value is -2.55. The largest absolute Gasteiger partial charge is 0.485 e. The number of fused-ring (bicyclic) bond motifs is 3. The van der Waals surface area contributed by atoms with E-state index in [1.165, 1.54) is 21.7 Å². The number of aryl methyl sites for hydroxylation is 1. The molecule has 0 unspecified atom stereocenters. The van der Waals surface area contributed by atoms with Gasteiger partial charge in [-0.1, -0.05) is 30.3 Å². The van der Waals surface area contributed by atoms with Gasteiger partial charge in [-0.25, -0.2) is 4.98 Å². The van der Waals surface area contributed by atoms with E-state index < -0.39 is 0 Å². The van der Waals surface area contributed by atoms with Crippen molar-refractivity contribution in [1.29, 1.82) is 0 Å². The van der Waals surface area contributed by atoms with Crippen LogP contribution in [-0.2, 0) is 6.61 Å². The van der Waals surface area contributed by atoms with E-state index in [2.05, 4.69) is 52.7 Å². The Balaban J connectivity index is 2.28. The van der Waals surface area contributed by atoms with Crippen LogP contribution in [0.2, 0.25) is 0 Å². The summed E-state index contributed by atoms with van der Waals surface area (Å²) in [5.41, 5.74) is 4.57. The van der Waals surface area contributed by atoms with Crippen molar-refractivity contribution in [2.75, 3.05) is 0 Å². The lowest BCUT2D eigenvalue weighted by atomic mass is 10.0. The molecule has 3 heteroatoms. The van der Waals surface area contributed by atoms with Gasteiger partial charge in [-0.15, -0.1) is 0 Å². The van der Waals surface area contributed by atoms with Crippen LogP contribution in [-0.4, -0.2) is 9.38 Å². The van der Waals surface area contributed by atoms with Gasteiger partial charge in [-0.2, -0.15) is 0 Å². The summed E-state index contributed by atoms with van der Waals surface area (Å²) in [5.74, 6) is 0.951. The number of nitrogens with zero attached hydrogens (tertiary/aromatic N) is 2. The van der Waals surface area contributed by atoms with Crippen molar-refractivity contribution in [3.8, 4) is 5.75 Å². The van der Waals surface area contributed by atoms with Crippen molar-refractivity contribution in [2.24, 2.45) is 0 Å². The van der Waals surface area contributed by atoms with Crippen molar-refractivity contribution < 1.29 is 4.74 Å². The monoisotopic (exact) mass is 260 g/mol. The molecule has 0 N–H and O–H groups in total. The second kappa shape index (κ2) is 3.31. The van der Waals surface area contributed by atoms with E-state index in [0.29, 0.717) is 6.61 Å². The normalized spacial score (nSPS) is 13.4. The maximum Gasteiger partial charge on any atom is 0.145 e. The molecule has 0 radical (unpaired) electrons. The van der Waals surface area contributed by atoms with Gasteiger partial charge in [0.1, 0.15) is 18.0 Å². The number of rotatable bonds is 0. The maximum absolute atomic E-state index is 5.89. The van der Waals surface area contributed by atoms with Gasteiger partial charge in [0.25, 0.3) is 0 Å². The molecule has 0 amide bonds. The third kappa shape index (κ3) is 1.05. The summed E-state index contributed by atoms with van der Waals surface area (Å²) >= 11 is 0. The standard InChI is InChI=1S/C17H12N2O/c1-10-6-7-14-16-15(10)12-4-2-3-5-13(12)17-18-8-11(9-20-14)19(16)17/h2-8H,9H2,1H3. The predicted molar refractivity (Wildman–Crippen MR) is 79.3 cm³/mol. The lowest BCUT2D eigenvalue weighted by molar-refractivity contribution is 0.295. The molecule has 4 aromatic rings. The minimum atomic E-state index is 0.588. The number of hydrogen-bond acceptors (Lipinski definition) is 2. The first kappa shape index (κ1) is 10.3. The molecule has 0 fully saturated rings. The number of hydrogen-bond donors (Lipinski definition) is 0. The van der Waals surface area contributed by atoms with Crippen LogP contribution in [0.5, 0.6) is 5.75 Å². The molecule has 96 valence electrons. The van der Waals surface area contributed by atoms with E-state index in [4.69, 9.17) is 4.74 Å². The lowest BCUT2D eigenvalue weighted by Gasteiger charge is -2.20. The number of ether oxygens (including phenoxy) is 1. The molecule has 0 saturated heterocycles. The first-order chi connectivity index (χ1) is 9.84. The summed E-state index contributed by atoms with van der Waals surface area (Å²) in [4.78, 5) is 4.61. The van der Waals surface area contributed by atoms with E-state index in [0.717, 1.165) is 22.6 Å². The predicted octanol–water partition coefficient (Wildman–Crippen LogP) is 3.84. The fourth-order valence-corrected chi connectivity index (χ4v) is 3.33. The SMILES string of the molecule is Cc1ccc2c3c1c1ccccc1c1ncc(n13)CO2. The second-order valence-corrected chi connectivity index (χ2v) is 5.35. The number of aromatic nitrogens is 2. The van der Waals surface area contributed by atoms with Crippen LogP contribution < -0.4 is 4.74 Å². The van der Waals surface area contributed by atoms with Gasteiger partial charge in [0.05, 0.1) is 17.4 Å². The van der Waals surface area contributed by atoms with Crippen LogP contribution in [0, 0.1) is 6.92 Å². The summed E-state index contributed by atoms with van der Waals surface area (Å²) in [6.07, 6.45) is 1.92. The van der Waals surface area contributed by atoms with E-state index in [-0.39, 0.29) is 0 Å². The van der Waals surface area contributed by atoms with Crippen LogP contribution in [0.15, 0.2) is 42.6 Å². The van der Waals surface area contributed by atoms with Crippen molar-refractivity contribution in [3.63, 3.8) is 0 Å². The Bertz CT molecular complexity index is 1010. The van der Waals surface area contributed by atoms with Crippen LogP contribution >= 0.6 is 0 Å². The molecular formula is C17H12N2O. The zero-order valence-electron chi connectivity index (χ0n) is 11.1. The Labute approximate surface area is 115 Å². The minimum absolute atomic E-state index is 0.588. The Morgan fingerprint density at radius 3 is 2.85 bits per heavy atom. The van der Waals surface area contributed by atoms with Crippen molar-refractivity contribution >= 4 is 27.3 Å². The average molecular weight is 260 g/mol. The van der Waals surface area contributed by atoms with Crippen molar-refractivity contribution in [2.45, 2.75) is 13.5 Å². The van der Waals surface area contributed by atoms with E-state index in [1.54, 1.807) is 0 Å². The average Bonchev–Trinajstić information content (AvgIpc) is 2.92. The molecule has 1 aliphatic heterocycles. The topological polar surface area (TPSA) is 26.5 Å². The molecule has 2 aromatic heterocycles. The van der Waals surface area contributed by atoms with Gasteiger partial charge in [0.15, 0.2) is 0 Å². The molecule has 3 nitrogen and oxygen atoms in total. The molecule has 0 aliphatic carbocycles. The maximum atomic E-state index is 5.89. The lowest BCUT2D eigenvalue weighted by Crippen LogP contribution is -2.08. The summed E-state index contributed by atoms with van der Waals surface area (Å²) in [7, 11) is 0. The summed E-state index contributed by atoms with van der Waals surface area (Å²) in [6.45, 7) is 2.74. The molecule has 2 aromatic carbocycles. The molecule has 5 rings (SSSR count). The highest BCUT2D eigenvalue weighted by Crippen LogP contribution is 2.39. The molecule has 0 bridgehead atoms. The Morgan fingerprint density at radius 2 is 1.95 bits per heavy atom. The molecule has 0 saturated carbocycles. The third-order valence-corrected chi connectivity index (χ3v) is 4.22. The van der Waals surface area contributed by atoms with Gasteiger partial charge in [-0.05, 0) is 23.9 Å². The number of benzene rings is 2. The fourth-order valence-electron chi connectivity index (χ4n) is 3.33. The number of imidazole rings is 1. The molecular weight excluding hydrogens is 248 g/mol. The van der Waals surface area contributed by atoms with Crippen LogP contribution in [0.3, 0.4) is 0 Å². The minimum Gasteiger partial charge on any atom is -0.485 e. The van der Waals surface area contributed by atoms with Gasteiger partial charge >= 0.3 is 0 Å². The van der Waals surface area contributed by atoms with E-state index >= 15 is 0 Å². The fraction of sp³-hybridized carbons (Fsp3) is 0.118. The Kier molecular flexibility index (Phi) is 1.70. The highest BCUT2D eigenvalue weighted by atomic mass is 16.5. The zero-order chi connectivity index (χ0) is 13.3. The van der Waals surface area contributed by atoms with Gasteiger partial charge in [0.2, 0.25) is 0 Å². The molecule has 3 heterocycles. The van der Waals surface area contributed by atoms with Crippen molar-refractivity contribution in [1.82, 2.24) is 9.38 Å². The molecule has 20 heavy (non-hydrogen) atoms. The quantitative estimate of drug-likeness (QED) is 0.449. The van der Waals surface area contributed by atoms with Crippen molar-refractivity contribution in [3.05, 3.63) is 53.9 Å². The van der Waals surface area contributed by atoms with Gasteiger partial charge < -0.3 is 4.74 Å². The van der Waals surface area contributed by atoms with Gasteiger partial charge in [-0.3, -0.25) is 4.40 Å². The van der Waals surface area contributed by atoms with Crippen LogP contribution in [0.1, 0.15) is 11.3 Å². The summed E-state index contributed by atoms with van der Waals surface area (Å²) < 4.78 is 8.14. The Morgan fingerprint density at radius 1 is 1.10 bits per heavy atom. The smallest absolute Gasteiger partial charge is 0.145 e. The van der Waals surface area contributed by atoms with Crippen LogP contribution in [0.4, 0.5) is 0 Å². The number of pyridine rings is 1. The molecule has 0 atom stereocenters. The highest BCUT2D eigenvalue weighted by molar-refractivity contribution is 6.14.